The summed E-state index contributed by atoms with van der Waals surface area (Å²) >= 11 is 0. The highest BCUT2D eigenvalue weighted by atomic mass is 19.1. The Morgan fingerprint density at radius 2 is 1.97 bits per heavy atom. The van der Waals surface area contributed by atoms with Crippen LogP contribution in [0.2, 0.25) is 0 Å². The summed E-state index contributed by atoms with van der Waals surface area (Å²) in [7, 11) is 1.47. The van der Waals surface area contributed by atoms with E-state index in [1.807, 2.05) is 38.1 Å². The Kier molecular flexibility index (Phi) is 6.07. The lowest BCUT2D eigenvalue weighted by atomic mass is 10.1. The molecule has 0 aliphatic carbocycles. The molecule has 0 saturated carbocycles. The van der Waals surface area contributed by atoms with E-state index in [2.05, 4.69) is 25.6 Å². The number of rotatable bonds is 8. The quantitative estimate of drug-likeness (QED) is 0.447. The molecule has 2 heterocycles. The number of ketones is 1. The molecule has 0 radical (unpaired) electrons. The van der Waals surface area contributed by atoms with Crippen molar-refractivity contribution in [3.8, 4) is 5.75 Å². The number of methoxy groups -OCH3 is 1. The van der Waals surface area contributed by atoms with Gasteiger partial charge in [-0.05, 0) is 23.6 Å². The predicted octanol–water partition coefficient (Wildman–Crippen LogP) is 4.05. The Labute approximate surface area is 184 Å². The normalized spacial score (nSPS) is 11.2. The van der Waals surface area contributed by atoms with E-state index in [1.54, 1.807) is 16.9 Å². The summed E-state index contributed by atoms with van der Waals surface area (Å²) in [5.41, 5.74) is 2.89. The summed E-state index contributed by atoms with van der Waals surface area (Å²) in [6.45, 7) is 4.23. The van der Waals surface area contributed by atoms with E-state index in [-0.39, 0.29) is 30.1 Å². The number of fused-ring (bicyclic) bond motifs is 1. The van der Waals surface area contributed by atoms with Gasteiger partial charge in [-0.3, -0.25) is 4.79 Å². The van der Waals surface area contributed by atoms with Gasteiger partial charge in [0.2, 0.25) is 0 Å². The van der Waals surface area contributed by atoms with Gasteiger partial charge in [-0.25, -0.2) is 19.0 Å². The maximum absolute atomic E-state index is 14.6. The molecule has 2 aromatic heterocycles. The number of benzene rings is 2. The van der Waals surface area contributed by atoms with Gasteiger partial charge in [0.25, 0.3) is 0 Å². The smallest absolute Gasteiger partial charge is 0.158 e. The lowest BCUT2D eigenvalue weighted by Gasteiger charge is -2.11. The molecular weight excluding hydrogens is 411 g/mol. The minimum absolute atomic E-state index is 0.0312. The van der Waals surface area contributed by atoms with Crippen LogP contribution in [-0.4, -0.2) is 37.9 Å². The minimum Gasteiger partial charge on any atom is -0.497 e. The van der Waals surface area contributed by atoms with Crippen molar-refractivity contribution < 1.29 is 13.9 Å². The van der Waals surface area contributed by atoms with Crippen LogP contribution in [0, 0.1) is 5.82 Å². The standard InChI is InChI=1S/C23H23FN6O2/c1-14(2)21-12-30(29-28-21)11-17(31)8-15-4-6-16(7-5-15)27-23-22-19(24)9-18(32-3)10-20(22)25-13-26-23/h4-7,9-10,12-14H,8,11H2,1-3H3,(H,25,26,27). The number of anilines is 2. The average molecular weight is 434 g/mol. The van der Waals surface area contributed by atoms with Crippen molar-refractivity contribution in [2.75, 3.05) is 12.4 Å². The van der Waals surface area contributed by atoms with Crippen molar-refractivity contribution in [1.29, 1.82) is 0 Å². The van der Waals surface area contributed by atoms with Crippen molar-refractivity contribution in [2.24, 2.45) is 0 Å². The Balaban J connectivity index is 1.44. The van der Waals surface area contributed by atoms with Crippen LogP contribution in [0.5, 0.6) is 5.75 Å². The second kappa shape index (κ2) is 9.09. The molecule has 32 heavy (non-hydrogen) atoms. The van der Waals surface area contributed by atoms with Crippen LogP contribution in [-0.2, 0) is 17.8 Å². The van der Waals surface area contributed by atoms with E-state index in [4.69, 9.17) is 4.74 Å². The first-order valence-electron chi connectivity index (χ1n) is 10.2. The lowest BCUT2D eigenvalue weighted by molar-refractivity contribution is -0.119. The lowest BCUT2D eigenvalue weighted by Crippen LogP contribution is -2.13. The number of nitrogens with zero attached hydrogens (tertiary/aromatic N) is 5. The third-order valence-electron chi connectivity index (χ3n) is 5.00. The van der Waals surface area contributed by atoms with Crippen LogP contribution < -0.4 is 10.1 Å². The molecule has 0 atom stereocenters. The van der Waals surface area contributed by atoms with Gasteiger partial charge in [0, 0.05) is 30.4 Å². The molecule has 0 unspecified atom stereocenters. The van der Waals surface area contributed by atoms with Crippen molar-refractivity contribution in [3.05, 3.63) is 66.0 Å². The largest absolute Gasteiger partial charge is 0.497 e. The van der Waals surface area contributed by atoms with Crippen LogP contribution in [0.15, 0.2) is 48.9 Å². The molecule has 1 N–H and O–H groups in total. The minimum atomic E-state index is -0.474. The maximum Gasteiger partial charge on any atom is 0.158 e. The molecule has 9 heteroatoms. The van der Waals surface area contributed by atoms with Gasteiger partial charge in [0.15, 0.2) is 5.78 Å². The molecule has 4 rings (SSSR count). The SMILES string of the molecule is COc1cc(F)c2c(Nc3ccc(CC(=O)Cn4cc(C(C)C)nn4)cc3)ncnc2c1. The van der Waals surface area contributed by atoms with Gasteiger partial charge in [0.1, 0.15) is 30.3 Å². The Morgan fingerprint density at radius 1 is 1.19 bits per heavy atom. The van der Waals surface area contributed by atoms with E-state index in [0.717, 1.165) is 11.3 Å². The topological polar surface area (TPSA) is 94.8 Å². The highest BCUT2D eigenvalue weighted by Crippen LogP contribution is 2.29. The van der Waals surface area contributed by atoms with E-state index in [9.17, 15) is 9.18 Å². The third kappa shape index (κ3) is 4.72. The Morgan fingerprint density at radius 3 is 2.66 bits per heavy atom. The first-order valence-corrected chi connectivity index (χ1v) is 10.2. The van der Waals surface area contributed by atoms with E-state index >= 15 is 0 Å². The monoisotopic (exact) mass is 434 g/mol. The zero-order valence-corrected chi connectivity index (χ0v) is 18.0. The summed E-state index contributed by atoms with van der Waals surface area (Å²) in [6.07, 6.45) is 3.45. The number of nitrogens with one attached hydrogen (secondary N) is 1. The molecule has 0 aliphatic rings. The summed E-state index contributed by atoms with van der Waals surface area (Å²) < 4.78 is 21.2. The van der Waals surface area contributed by atoms with Gasteiger partial charge < -0.3 is 10.1 Å². The average Bonchev–Trinajstić information content (AvgIpc) is 3.23. The fourth-order valence-corrected chi connectivity index (χ4v) is 3.29. The Hall–Kier alpha value is -3.88. The van der Waals surface area contributed by atoms with Crippen molar-refractivity contribution in [2.45, 2.75) is 32.7 Å². The van der Waals surface area contributed by atoms with Gasteiger partial charge in [0.05, 0.1) is 23.7 Å². The molecule has 0 saturated heterocycles. The maximum atomic E-state index is 14.6. The van der Waals surface area contributed by atoms with Crippen LogP contribution in [0.1, 0.15) is 31.0 Å². The summed E-state index contributed by atoms with van der Waals surface area (Å²) in [6, 6.07) is 10.3. The van der Waals surface area contributed by atoms with Gasteiger partial charge in [-0.1, -0.05) is 31.2 Å². The predicted molar refractivity (Wildman–Crippen MR) is 119 cm³/mol. The highest BCUT2D eigenvalue weighted by Gasteiger charge is 2.13. The summed E-state index contributed by atoms with van der Waals surface area (Å²) in [4.78, 5) is 20.7. The molecule has 0 bridgehead atoms. The number of hydrogen-bond donors (Lipinski definition) is 1. The van der Waals surface area contributed by atoms with Crippen molar-refractivity contribution in [3.63, 3.8) is 0 Å². The molecule has 0 fully saturated rings. The van der Waals surface area contributed by atoms with Gasteiger partial charge in [-0.15, -0.1) is 5.10 Å². The summed E-state index contributed by atoms with van der Waals surface area (Å²) in [5, 5.41) is 11.5. The van der Waals surface area contributed by atoms with Crippen LogP contribution >= 0.6 is 0 Å². The second-order valence-electron chi connectivity index (χ2n) is 7.76. The second-order valence-corrected chi connectivity index (χ2v) is 7.76. The molecule has 0 spiro atoms. The zero-order chi connectivity index (χ0) is 22.7. The first kappa shape index (κ1) is 21.4. The first-order chi connectivity index (χ1) is 15.4. The number of ether oxygens (including phenoxy) is 1. The fourth-order valence-electron chi connectivity index (χ4n) is 3.29. The van der Waals surface area contributed by atoms with Crippen molar-refractivity contribution >= 4 is 28.2 Å². The van der Waals surface area contributed by atoms with Crippen LogP contribution in [0.25, 0.3) is 10.9 Å². The van der Waals surface area contributed by atoms with Gasteiger partial charge in [-0.2, -0.15) is 0 Å². The van der Waals surface area contributed by atoms with Gasteiger partial charge >= 0.3 is 0 Å². The zero-order valence-electron chi connectivity index (χ0n) is 18.0. The number of aromatic nitrogens is 5. The number of Topliss-reactive ketones (excluding diaryl/α,β-unsaturated/α-hetero) is 1. The number of carbonyl (C=O) groups excluding carboxylic acids is 1. The Bertz CT molecular complexity index is 1250. The summed E-state index contributed by atoms with van der Waals surface area (Å²) in [5.74, 6) is 0.564. The number of hydrogen-bond acceptors (Lipinski definition) is 7. The molecule has 2 aromatic carbocycles. The molecule has 0 aliphatic heterocycles. The number of halogens is 1. The molecule has 8 nitrogen and oxygen atoms in total. The van der Waals surface area contributed by atoms with Crippen molar-refractivity contribution in [1.82, 2.24) is 25.0 Å². The van der Waals surface area contributed by atoms with E-state index in [1.165, 1.54) is 19.5 Å². The van der Waals surface area contributed by atoms with E-state index in [0.29, 0.717) is 22.8 Å². The molecular formula is C23H23FN6O2. The fraction of sp³-hybridized carbons (Fsp3) is 0.261. The number of carbonyl (C=O) groups is 1. The highest BCUT2D eigenvalue weighted by molar-refractivity contribution is 5.92. The molecule has 4 aromatic rings. The van der Waals surface area contributed by atoms with E-state index < -0.39 is 5.82 Å². The third-order valence-corrected chi connectivity index (χ3v) is 5.00. The molecule has 164 valence electrons. The molecule has 0 amide bonds. The van der Waals surface area contributed by atoms with Crippen LogP contribution in [0.3, 0.4) is 0 Å². The van der Waals surface area contributed by atoms with Crippen LogP contribution in [0.4, 0.5) is 15.9 Å².